The van der Waals surface area contributed by atoms with Crippen molar-refractivity contribution < 1.29 is 9.18 Å². The summed E-state index contributed by atoms with van der Waals surface area (Å²) in [4.78, 5) is 37.6. The minimum absolute atomic E-state index is 0.00909. The number of likely N-dealkylation sites (N-methyl/N-ethyl adjacent to an activating group) is 1. The Kier molecular flexibility index (Phi) is 8.62. The van der Waals surface area contributed by atoms with Crippen molar-refractivity contribution in [3.63, 3.8) is 0 Å². The monoisotopic (exact) mass is 580 g/mol. The van der Waals surface area contributed by atoms with Gasteiger partial charge in [0.25, 0.3) is 5.56 Å². The molecule has 3 aromatic carbocycles. The van der Waals surface area contributed by atoms with Gasteiger partial charge < -0.3 is 20.0 Å². The maximum Gasteiger partial charge on any atom is 0.266 e. The number of nitrogens with one attached hydrogen (secondary N) is 1. The van der Waals surface area contributed by atoms with Gasteiger partial charge in [-0.1, -0.05) is 36.4 Å². The fourth-order valence-corrected chi connectivity index (χ4v) is 5.78. The van der Waals surface area contributed by atoms with Gasteiger partial charge in [0.15, 0.2) is 0 Å². The van der Waals surface area contributed by atoms with Crippen LogP contribution in [0.15, 0.2) is 71.5 Å². The highest BCUT2D eigenvalue weighted by atomic mass is 19.1. The second-order valence-electron chi connectivity index (χ2n) is 11.4. The Morgan fingerprint density at radius 1 is 0.930 bits per heavy atom. The van der Waals surface area contributed by atoms with Crippen molar-refractivity contribution in [1.82, 2.24) is 19.4 Å². The van der Waals surface area contributed by atoms with Crippen molar-refractivity contribution in [2.45, 2.75) is 19.3 Å². The molecule has 0 unspecified atom stereocenters. The van der Waals surface area contributed by atoms with Crippen LogP contribution in [0.3, 0.4) is 0 Å². The number of halogens is 1. The Bertz CT molecular complexity index is 1670. The molecule has 2 aliphatic rings. The third-order valence-corrected chi connectivity index (χ3v) is 8.29. The van der Waals surface area contributed by atoms with E-state index in [1.165, 1.54) is 23.5 Å². The summed E-state index contributed by atoms with van der Waals surface area (Å²) in [5.41, 5.74) is 2.88. The number of rotatable bonds is 8. The molecule has 1 N–H and O–H groups in total. The molecule has 0 bridgehead atoms. The molecule has 2 saturated heterocycles. The molecule has 2 fully saturated rings. The van der Waals surface area contributed by atoms with Gasteiger partial charge in [0.05, 0.1) is 22.3 Å². The van der Waals surface area contributed by atoms with Gasteiger partial charge in [0.1, 0.15) is 11.6 Å². The van der Waals surface area contributed by atoms with Crippen molar-refractivity contribution in [2.24, 2.45) is 0 Å². The predicted octanol–water partition coefficient (Wildman–Crippen LogP) is 4.87. The zero-order valence-electron chi connectivity index (χ0n) is 24.5. The van der Waals surface area contributed by atoms with E-state index in [1.54, 1.807) is 12.1 Å². The molecule has 6 rings (SSSR count). The first-order chi connectivity index (χ1) is 20.9. The summed E-state index contributed by atoms with van der Waals surface area (Å²) in [6.45, 7) is 6.05. The largest absolute Gasteiger partial charge is 0.367 e. The molecule has 1 amide bonds. The van der Waals surface area contributed by atoms with E-state index in [9.17, 15) is 9.59 Å². The molecule has 3 heterocycles. The van der Waals surface area contributed by atoms with Crippen LogP contribution in [-0.2, 0) is 4.79 Å². The fraction of sp³-hybridized carbons (Fsp3) is 0.324. The lowest BCUT2D eigenvalue weighted by Crippen LogP contribution is -2.44. The third kappa shape index (κ3) is 6.68. The molecule has 0 radical (unpaired) electrons. The molecule has 0 saturated carbocycles. The molecule has 43 heavy (non-hydrogen) atoms. The van der Waals surface area contributed by atoms with Gasteiger partial charge in [0.2, 0.25) is 5.91 Å². The molecule has 1 aromatic heterocycles. The van der Waals surface area contributed by atoms with Crippen LogP contribution in [0.25, 0.3) is 28.7 Å². The zero-order valence-corrected chi connectivity index (χ0v) is 24.5. The minimum Gasteiger partial charge on any atom is -0.367 e. The number of fused-ring (bicyclic) bond motifs is 1. The van der Waals surface area contributed by atoms with Crippen LogP contribution >= 0.6 is 0 Å². The smallest absolute Gasteiger partial charge is 0.266 e. The first kappa shape index (κ1) is 28.8. The summed E-state index contributed by atoms with van der Waals surface area (Å²) in [6, 6.07) is 19.9. The summed E-state index contributed by atoms with van der Waals surface area (Å²) in [7, 11) is 2.06. The number of carbonyl (C=O) groups excluding carboxylic acids is 1. The van der Waals surface area contributed by atoms with E-state index in [1.807, 2.05) is 65.6 Å². The maximum atomic E-state index is 15.3. The Morgan fingerprint density at radius 3 is 2.37 bits per heavy atom. The van der Waals surface area contributed by atoms with Gasteiger partial charge in [0, 0.05) is 44.8 Å². The lowest BCUT2D eigenvalue weighted by atomic mass is 10.1. The van der Waals surface area contributed by atoms with Crippen molar-refractivity contribution in [2.75, 3.05) is 63.1 Å². The molecule has 0 atom stereocenters. The first-order valence-electron chi connectivity index (χ1n) is 15.0. The van der Waals surface area contributed by atoms with Crippen LogP contribution < -0.4 is 15.8 Å². The number of likely N-dealkylation sites (tertiary alicyclic amines) is 1. The summed E-state index contributed by atoms with van der Waals surface area (Å²) in [5.74, 6) is 0.0378. The van der Waals surface area contributed by atoms with Crippen LogP contribution in [0, 0.1) is 5.82 Å². The normalized spacial score (nSPS) is 16.4. The third-order valence-electron chi connectivity index (χ3n) is 8.29. The van der Waals surface area contributed by atoms with Gasteiger partial charge in [-0.3, -0.25) is 14.2 Å². The van der Waals surface area contributed by atoms with E-state index < -0.39 is 5.82 Å². The Balaban J connectivity index is 1.27. The molecule has 0 spiro atoms. The number of carbonyl (C=O) groups is 1. The van der Waals surface area contributed by atoms with Gasteiger partial charge in [-0.05, 0) is 81.0 Å². The highest BCUT2D eigenvalue weighted by molar-refractivity contribution is 5.91. The molecule has 2 aliphatic heterocycles. The van der Waals surface area contributed by atoms with E-state index in [-0.39, 0.29) is 16.9 Å². The molecule has 4 aromatic rings. The standard InChI is InChI=1S/C34H37FN6O2/c1-38-19-21-40(22-20-38)31-24-30-28(23-29(31)35)34(43)41(27-7-3-2-4-8-27)32(37-30)14-11-25-9-12-26(13-10-25)36-33(42)15-18-39-16-5-6-17-39/h2-4,7-14,23-24H,5-6,15-22H2,1H3,(H,36,42)/b14-11+. The Labute approximate surface area is 251 Å². The quantitative estimate of drug-likeness (QED) is 0.321. The van der Waals surface area contributed by atoms with E-state index in [0.717, 1.165) is 44.0 Å². The SMILES string of the molecule is CN1CCN(c2cc3nc(/C=C/c4ccc(NC(=O)CCN5CCCC5)cc4)n(-c4ccccc4)c(=O)c3cc2F)CC1. The fourth-order valence-electron chi connectivity index (χ4n) is 5.78. The van der Waals surface area contributed by atoms with E-state index in [0.29, 0.717) is 42.2 Å². The number of anilines is 2. The highest BCUT2D eigenvalue weighted by Gasteiger charge is 2.20. The predicted molar refractivity (Wildman–Crippen MR) is 171 cm³/mol. The first-order valence-corrected chi connectivity index (χ1v) is 15.0. The number of hydrogen-bond acceptors (Lipinski definition) is 6. The molecule has 222 valence electrons. The number of amides is 1. The van der Waals surface area contributed by atoms with Gasteiger partial charge >= 0.3 is 0 Å². The number of piperazine rings is 1. The summed E-state index contributed by atoms with van der Waals surface area (Å²) < 4.78 is 16.9. The number of hydrogen-bond donors (Lipinski definition) is 1. The van der Waals surface area contributed by atoms with Gasteiger partial charge in [-0.2, -0.15) is 0 Å². The number of aromatic nitrogens is 2. The van der Waals surface area contributed by atoms with Gasteiger partial charge in [-0.25, -0.2) is 9.37 Å². The lowest BCUT2D eigenvalue weighted by Gasteiger charge is -2.34. The highest BCUT2D eigenvalue weighted by Crippen LogP contribution is 2.26. The van der Waals surface area contributed by atoms with Crippen molar-refractivity contribution >= 4 is 40.3 Å². The van der Waals surface area contributed by atoms with Crippen LogP contribution in [0.4, 0.5) is 15.8 Å². The zero-order chi connectivity index (χ0) is 29.8. The van der Waals surface area contributed by atoms with E-state index in [2.05, 4.69) is 22.2 Å². The maximum absolute atomic E-state index is 15.3. The van der Waals surface area contributed by atoms with Crippen LogP contribution in [-0.4, -0.2) is 78.1 Å². The molecule has 8 nitrogen and oxygen atoms in total. The molecule has 9 heteroatoms. The second kappa shape index (κ2) is 12.9. The topological polar surface area (TPSA) is 73.7 Å². The molecular weight excluding hydrogens is 543 g/mol. The van der Waals surface area contributed by atoms with Gasteiger partial charge in [-0.15, -0.1) is 0 Å². The molecule has 0 aliphatic carbocycles. The lowest BCUT2D eigenvalue weighted by molar-refractivity contribution is -0.116. The number of benzene rings is 3. The minimum atomic E-state index is -0.415. The average Bonchev–Trinajstić information content (AvgIpc) is 3.55. The van der Waals surface area contributed by atoms with Crippen LogP contribution in [0.2, 0.25) is 0 Å². The van der Waals surface area contributed by atoms with E-state index >= 15 is 4.39 Å². The Hall–Kier alpha value is -4.34. The van der Waals surface area contributed by atoms with Crippen LogP contribution in [0.1, 0.15) is 30.7 Å². The van der Waals surface area contributed by atoms with Crippen molar-refractivity contribution in [3.05, 3.63) is 94.3 Å². The number of nitrogens with zero attached hydrogens (tertiary/aromatic N) is 5. The van der Waals surface area contributed by atoms with Crippen LogP contribution in [0.5, 0.6) is 0 Å². The average molecular weight is 581 g/mol. The number of para-hydroxylation sites is 1. The summed E-state index contributed by atoms with van der Waals surface area (Å²) in [5, 5.41) is 3.22. The van der Waals surface area contributed by atoms with E-state index in [4.69, 9.17) is 4.98 Å². The Morgan fingerprint density at radius 2 is 1.65 bits per heavy atom. The molecular formula is C34H37FN6O2. The van der Waals surface area contributed by atoms with Crippen molar-refractivity contribution in [1.29, 1.82) is 0 Å². The second-order valence-corrected chi connectivity index (χ2v) is 11.4. The summed E-state index contributed by atoms with van der Waals surface area (Å²) >= 11 is 0. The summed E-state index contributed by atoms with van der Waals surface area (Å²) in [6.07, 6.45) is 6.59. The van der Waals surface area contributed by atoms with Crippen molar-refractivity contribution in [3.8, 4) is 5.69 Å².